The molecule has 5 heteroatoms. The van der Waals surface area contributed by atoms with Crippen molar-refractivity contribution >= 4 is 15.9 Å². The number of hydrogen-bond acceptors (Lipinski definition) is 1. The van der Waals surface area contributed by atoms with E-state index in [2.05, 4.69) is 15.9 Å². The third-order valence-corrected chi connectivity index (χ3v) is 4.54. The molecule has 1 fully saturated rings. The van der Waals surface area contributed by atoms with Gasteiger partial charge in [-0.25, -0.2) is 0 Å². The zero-order valence-electron chi connectivity index (χ0n) is 9.78. The van der Waals surface area contributed by atoms with Crippen molar-refractivity contribution in [1.29, 1.82) is 0 Å². The van der Waals surface area contributed by atoms with Gasteiger partial charge in [-0.1, -0.05) is 22.4 Å². The van der Waals surface area contributed by atoms with Gasteiger partial charge in [0.05, 0.1) is 6.54 Å². The average molecular weight is 302 g/mol. The monoisotopic (exact) mass is 301 g/mol. The van der Waals surface area contributed by atoms with Gasteiger partial charge in [-0.15, -0.1) is 0 Å². The maximum absolute atomic E-state index is 12.4. The van der Waals surface area contributed by atoms with Crippen LogP contribution in [0.25, 0.3) is 0 Å². The summed E-state index contributed by atoms with van der Waals surface area (Å²) in [6.45, 7) is 3.41. The Hall–Kier alpha value is 0.230. The van der Waals surface area contributed by atoms with E-state index in [0.717, 1.165) is 24.6 Å². The summed E-state index contributed by atoms with van der Waals surface area (Å²) in [6, 6.07) is -0.0573. The van der Waals surface area contributed by atoms with Crippen LogP contribution in [0.15, 0.2) is 0 Å². The van der Waals surface area contributed by atoms with Crippen LogP contribution in [0.1, 0.15) is 33.1 Å². The lowest BCUT2D eigenvalue weighted by Gasteiger charge is -2.45. The molecule has 1 nitrogen and oxygen atoms in total. The highest BCUT2D eigenvalue weighted by Crippen LogP contribution is 2.43. The van der Waals surface area contributed by atoms with Crippen molar-refractivity contribution < 1.29 is 13.2 Å². The SMILES string of the molecule is CC(C)N(CC(F)(F)F)CC1(CBr)CCC1. The van der Waals surface area contributed by atoms with Crippen molar-refractivity contribution in [1.82, 2.24) is 4.90 Å². The third-order valence-electron chi connectivity index (χ3n) is 3.35. The van der Waals surface area contributed by atoms with Crippen LogP contribution < -0.4 is 0 Å². The number of halogens is 4. The molecule has 16 heavy (non-hydrogen) atoms. The predicted octanol–water partition coefficient (Wildman–Crippen LogP) is 3.82. The van der Waals surface area contributed by atoms with Gasteiger partial charge in [0.25, 0.3) is 0 Å². The Labute approximate surface area is 104 Å². The van der Waals surface area contributed by atoms with Crippen LogP contribution in [0.2, 0.25) is 0 Å². The number of alkyl halides is 4. The molecule has 0 atom stereocenters. The van der Waals surface area contributed by atoms with Gasteiger partial charge in [0, 0.05) is 17.9 Å². The first-order chi connectivity index (χ1) is 7.28. The molecule has 1 aliphatic rings. The van der Waals surface area contributed by atoms with Crippen molar-refractivity contribution in [2.24, 2.45) is 5.41 Å². The zero-order chi connectivity index (χ0) is 12.4. The predicted molar refractivity (Wildman–Crippen MR) is 62.8 cm³/mol. The van der Waals surface area contributed by atoms with Crippen LogP contribution in [-0.4, -0.2) is 35.5 Å². The van der Waals surface area contributed by atoms with Crippen molar-refractivity contribution in [3.8, 4) is 0 Å². The van der Waals surface area contributed by atoms with Gasteiger partial charge in [-0.2, -0.15) is 13.2 Å². The van der Waals surface area contributed by atoms with E-state index in [-0.39, 0.29) is 11.5 Å². The lowest BCUT2D eigenvalue weighted by atomic mass is 9.70. The average Bonchev–Trinajstić information content (AvgIpc) is 2.07. The summed E-state index contributed by atoms with van der Waals surface area (Å²) in [6.07, 6.45) is -0.871. The van der Waals surface area contributed by atoms with Gasteiger partial charge >= 0.3 is 6.18 Å². The fourth-order valence-electron chi connectivity index (χ4n) is 2.09. The van der Waals surface area contributed by atoms with Gasteiger partial charge in [0.2, 0.25) is 0 Å². The maximum Gasteiger partial charge on any atom is 0.401 e. The summed E-state index contributed by atoms with van der Waals surface area (Å²) >= 11 is 3.43. The van der Waals surface area contributed by atoms with E-state index in [1.54, 1.807) is 4.90 Å². The fourth-order valence-corrected chi connectivity index (χ4v) is 2.83. The van der Waals surface area contributed by atoms with Crippen LogP contribution in [0.3, 0.4) is 0 Å². The second-order valence-electron chi connectivity index (χ2n) is 5.10. The van der Waals surface area contributed by atoms with E-state index in [4.69, 9.17) is 0 Å². The molecular weight excluding hydrogens is 283 g/mol. The summed E-state index contributed by atoms with van der Waals surface area (Å²) in [5, 5.41) is 0.807. The molecule has 96 valence electrons. The molecule has 0 heterocycles. The van der Waals surface area contributed by atoms with Crippen molar-refractivity contribution in [2.75, 3.05) is 18.4 Å². The number of hydrogen-bond donors (Lipinski definition) is 0. The highest BCUT2D eigenvalue weighted by molar-refractivity contribution is 9.09. The molecule has 0 N–H and O–H groups in total. The topological polar surface area (TPSA) is 3.24 Å². The molecule has 1 aliphatic carbocycles. The second-order valence-corrected chi connectivity index (χ2v) is 5.66. The minimum atomic E-state index is -4.10. The lowest BCUT2D eigenvalue weighted by molar-refractivity contribution is -0.154. The van der Waals surface area contributed by atoms with E-state index in [1.807, 2.05) is 13.8 Å². The molecule has 0 aromatic heterocycles. The standard InChI is InChI=1S/C11H19BrF3N/c1-9(2)16(8-11(13,14)15)7-10(6-12)4-3-5-10/h9H,3-8H2,1-2H3. The Morgan fingerprint density at radius 1 is 1.31 bits per heavy atom. The van der Waals surface area contributed by atoms with Crippen molar-refractivity contribution in [3.05, 3.63) is 0 Å². The van der Waals surface area contributed by atoms with Gasteiger partial charge < -0.3 is 0 Å². The Morgan fingerprint density at radius 2 is 1.88 bits per heavy atom. The summed E-state index contributed by atoms with van der Waals surface area (Å²) in [5.41, 5.74) is 0.0789. The molecule has 0 aliphatic heterocycles. The molecule has 0 radical (unpaired) electrons. The summed E-state index contributed by atoms with van der Waals surface area (Å²) in [5.74, 6) is 0. The molecule has 1 saturated carbocycles. The highest BCUT2D eigenvalue weighted by atomic mass is 79.9. The van der Waals surface area contributed by atoms with Crippen LogP contribution >= 0.6 is 15.9 Å². The van der Waals surface area contributed by atoms with Crippen molar-refractivity contribution in [3.63, 3.8) is 0 Å². The van der Waals surface area contributed by atoms with Gasteiger partial charge in [0.15, 0.2) is 0 Å². The van der Waals surface area contributed by atoms with E-state index in [1.165, 1.54) is 0 Å². The molecule has 0 spiro atoms. The van der Waals surface area contributed by atoms with Crippen LogP contribution in [0, 0.1) is 5.41 Å². The Balaban J connectivity index is 2.57. The second kappa shape index (κ2) is 5.25. The highest BCUT2D eigenvalue weighted by Gasteiger charge is 2.40. The molecule has 0 aromatic rings. The van der Waals surface area contributed by atoms with Gasteiger partial charge in [-0.3, -0.25) is 4.90 Å². The number of nitrogens with zero attached hydrogens (tertiary/aromatic N) is 1. The fraction of sp³-hybridized carbons (Fsp3) is 1.00. The molecule has 0 unspecified atom stereocenters. The first-order valence-electron chi connectivity index (χ1n) is 5.65. The molecule has 0 aromatic carbocycles. The lowest BCUT2D eigenvalue weighted by Crippen LogP contribution is -2.49. The van der Waals surface area contributed by atoms with Crippen LogP contribution in [0.4, 0.5) is 13.2 Å². The Bertz CT molecular complexity index is 218. The van der Waals surface area contributed by atoms with Gasteiger partial charge in [0.1, 0.15) is 0 Å². The molecule has 0 amide bonds. The molecular formula is C11H19BrF3N. The first-order valence-corrected chi connectivity index (χ1v) is 6.77. The van der Waals surface area contributed by atoms with Gasteiger partial charge in [-0.05, 0) is 32.1 Å². The normalized spacial score (nSPS) is 20.2. The van der Waals surface area contributed by atoms with E-state index < -0.39 is 12.7 Å². The van der Waals surface area contributed by atoms with Crippen LogP contribution in [0.5, 0.6) is 0 Å². The summed E-state index contributed by atoms with van der Waals surface area (Å²) in [7, 11) is 0. The zero-order valence-corrected chi connectivity index (χ0v) is 11.4. The van der Waals surface area contributed by atoms with Crippen molar-refractivity contribution in [2.45, 2.75) is 45.3 Å². The Morgan fingerprint density at radius 3 is 2.12 bits per heavy atom. The summed E-state index contributed by atoms with van der Waals surface area (Å²) in [4.78, 5) is 1.54. The smallest absolute Gasteiger partial charge is 0.292 e. The Kier molecular flexibility index (Phi) is 4.69. The quantitative estimate of drug-likeness (QED) is 0.698. The van der Waals surface area contributed by atoms with Crippen LogP contribution in [-0.2, 0) is 0 Å². The number of rotatable bonds is 5. The summed E-state index contributed by atoms with van der Waals surface area (Å²) < 4.78 is 37.2. The third kappa shape index (κ3) is 3.91. The molecule has 0 bridgehead atoms. The minimum Gasteiger partial charge on any atom is -0.292 e. The van der Waals surface area contributed by atoms with E-state index in [0.29, 0.717) is 6.54 Å². The van der Waals surface area contributed by atoms with E-state index >= 15 is 0 Å². The molecule has 1 rings (SSSR count). The minimum absolute atomic E-state index is 0.0573. The van der Waals surface area contributed by atoms with E-state index in [9.17, 15) is 13.2 Å². The first kappa shape index (κ1) is 14.3. The maximum atomic E-state index is 12.4. The molecule has 0 saturated heterocycles. The largest absolute Gasteiger partial charge is 0.401 e.